The molecular weight excluding hydrogens is 291 g/mol. The Kier molecular flexibility index (Phi) is 6.73. The van der Waals surface area contributed by atoms with Gasteiger partial charge in [0.05, 0.1) is 6.42 Å². The fourth-order valence-corrected chi connectivity index (χ4v) is 2.02. The lowest BCUT2D eigenvalue weighted by molar-refractivity contribution is -0.137. The first-order valence-corrected chi connectivity index (χ1v) is 6.81. The van der Waals surface area contributed by atoms with Gasteiger partial charge in [0.25, 0.3) is 0 Å². The molecular formula is C12H20F3N3O3. The quantitative estimate of drug-likeness (QED) is 0.721. The number of alkyl halides is 3. The standard InChI is InChI=1S/C12H20F3N3O3/c13-12(14,15)3-1-4-16-11(21)18-8-6-17(7-9-18)5-2-10(19)20/h1-9H2,(H,16,21)(H,19,20). The maximum absolute atomic E-state index is 11.9. The Morgan fingerprint density at radius 3 is 2.29 bits per heavy atom. The molecule has 122 valence electrons. The molecule has 0 aromatic heterocycles. The second-order valence-electron chi connectivity index (χ2n) is 4.92. The number of nitrogens with one attached hydrogen (secondary N) is 1. The van der Waals surface area contributed by atoms with E-state index in [0.29, 0.717) is 32.7 Å². The summed E-state index contributed by atoms with van der Waals surface area (Å²) in [6.45, 7) is 2.48. The van der Waals surface area contributed by atoms with Crippen LogP contribution >= 0.6 is 0 Å². The highest BCUT2D eigenvalue weighted by Crippen LogP contribution is 2.20. The van der Waals surface area contributed by atoms with Gasteiger partial charge < -0.3 is 15.3 Å². The molecule has 2 amide bonds. The number of hydrogen-bond donors (Lipinski definition) is 2. The van der Waals surface area contributed by atoms with E-state index in [-0.39, 0.29) is 25.4 Å². The summed E-state index contributed by atoms with van der Waals surface area (Å²) in [4.78, 5) is 25.6. The van der Waals surface area contributed by atoms with Crippen molar-refractivity contribution in [3.8, 4) is 0 Å². The zero-order valence-corrected chi connectivity index (χ0v) is 11.7. The van der Waals surface area contributed by atoms with Gasteiger partial charge in [-0.2, -0.15) is 13.2 Å². The molecule has 1 saturated heterocycles. The third-order valence-corrected chi connectivity index (χ3v) is 3.21. The molecule has 21 heavy (non-hydrogen) atoms. The first-order valence-electron chi connectivity index (χ1n) is 6.81. The van der Waals surface area contributed by atoms with Crippen molar-refractivity contribution in [2.24, 2.45) is 0 Å². The lowest BCUT2D eigenvalue weighted by Gasteiger charge is -2.34. The predicted molar refractivity (Wildman–Crippen MR) is 69.0 cm³/mol. The highest BCUT2D eigenvalue weighted by molar-refractivity contribution is 5.74. The molecule has 9 heteroatoms. The van der Waals surface area contributed by atoms with Crippen LogP contribution in [0.15, 0.2) is 0 Å². The largest absolute Gasteiger partial charge is 0.481 e. The molecule has 1 fully saturated rings. The van der Waals surface area contributed by atoms with Crippen LogP contribution in [0.5, 0.6) is 0 Å². The van der Waals surface area contributed by atoms with E-state index in [2.05, 4.69) is 5.32 Å². The van der Waals surface area contributed by atoms with Gasteiger partial charge in [0.15, 0.2) is 0 Å². The fourth-order valence-electron chi connectivity index (χ4n) is 2.02. The van der Waals surface area contributed by atoms with Crippen LogP contribution < -0.4 is 5.32 Å². The summed E-state index contributed by atoms with van der Waals surface area (Å²) in [6, 6.07) is -0.366. The zero-order valence-electron chi connectivity index (χ0n) is 11.7. The van der Waals surface area contributed by atoms with Crippen LogP contribution in [0.1, 0.15) is 19.3 Å². The van der Waals surface area contributed by atoms with E-state index in [1.54, 1.807) is 0 Å². The number of rotatable bonds is 6. The van der Waals surface area contributed by atoms with Crippen molar-refractivity contribution in [2.45, 2.75) is 25.4 Å². The van der Waals surface area contributed by atoms with Gasteiger partial charge in [-0.1, -0.05) is 0 Å². The Balaban J connectivity index is 2.15. The van der Waals surface area contributed by atoms with Gasteiger partial charge >= 0.3 is 18.2 Å². The van der Waals surface area contributed by atoms with Crippen LogP contribution in [-0.4, -0.2) is 72.4 Å². The van der Waals surface area contributed by atoms with Crippen molar-refractivity contribution in [1.29, 1.82) is 0 Å². The van der Waals surface area contributed by atoms with E-state index in [0.717, 1.165) is 0 Å². The maximum Gasteiger partial charge on any atom is 0.389 e. The van der Waals surface area contributed by atoms with Crippen LogP contribution in [0.2, 0.25) is 0 Å². The van der Waals surface area contributed by atoms with E-state index in [4.69, 9.17) is 5.11 Å². The summed E-state index contributed by atoms with van der Waals surface area (Å²) in [6.07, 6.45) is -5.17. The minimum absolute atomic E-state index is 0.00241. The molecule has 1 heterocycles. The number of amides is 2. The van der Waals surface area contributed by atoms with E-state index < -0.39 is 18.6 Å². The van der Waals surface area contributed by atoms with E-state index >= 15 is 0 Å². The number of aliphatic carboxylic acids is 1. The van der Waals surface area contributed by atoms with Gasteiger partial charge in [-0.15, -0.1) is 0 Å². The molecule has 6 nitrogen and oxygen atoms in total. The van der Waals surface area contributed by atoms with Crippen molar-refractivity contribution in [2.75, 3.05) is 39.3 Å². The highest BCUT2D eigenvalue weighted by atomic mass is 19.4. The van der Waals surface area contributed by atoms with Crippen molar-refractivity contribution < 1.29 is 27.9 Å². The van der Waals surface area contributed by atoms with Crippen molar-refractivity contribution in [3.63, 3.8) is 0 Å². The SMILES string of the molecule is O=C(O)CCN1CCN(C(=O)NCCCC(F)(F)F)CC1. The van der Waals surface area contributed by atoms with Crippen molar-refractivity contribution in [3.05, 3.63) is 0 Å². The molecule has 0 aromatic carbocycles. The summed E-state index contributed by atoms with van der Waals surface area (Å²) >= 11 is 0. The summed E-state index contributed by atoms with van der Waals surface area (Å²) < 4.78 is 35.8. The summed E-state index contributed by atoms with van der Waals surface area (Å²) in [5.41, 5.74) is 0. The molecule has 0 saturated carbocycles. The number of carboxylic acid groups (broad SMARTS) is 1. The fraction of sp³-hybridized carbons (Fsp3) is 0.833. The highest BCUT2D eigenvalue weighted by Gasteiger charge is 2.26. The Morgan fingerprint density at radius 2 is 1.76 bits per heavy atom. The van der Waals surface area contributed by atoms with Crippen LogP contribution in [0.3, 0.4) is 0 Å². The third kappa shape index (κ3) is 7.74. The van der Waals surface area contributed by atoms with Crippen LogP contribution in [-0.2, 0) is 4.79 Å². The van der Waals surface area contributed by atoms with Gasteiger partial charge in [0.2, 0.25) is 0 Å². The Morgan fingerprint density at radius 1 is 1.14 bits per heavy atom. The molecule has 0 aromatic rings. The van der Waals surface area contributed by atoms with Crippen LogP contribution in [0.4, 0.5) is 18.0 Å². The molecule has 0 spiro atoms. The van der Waals surface area contributed by atoms with E-state index in [1.165, 1.54) is 4.90 Å². The number of piperazine rings is 1. The average molecular weight is 311 g/mol. The van der Waals surface area contributed by atoms with Gasteiger partial charge in [-0.05, 0) is 6.42 Å². The molecule has 0 atom stereocenters. The second-order valence-corrected chi connectivity index (χ2v) is 4.92. The summed E-state index contributed by atoms with van der Waals surface area (Å²) in [5.74, 6) is -0.861. The van der Waals surface area contributed by atoms with E-state index in [9.17, 15) is 22.8 Å². The molecule has 2 N–H and O–H groups in total. The predicted octanol–water partition coefficient (Wildman–Crippen LogP) is 1.13. The third-order valence-electron chi connectivity index (χ3n) is 3.21. The number of urea groups is 1. The molecule has 1 aliphatic rings. The molecule has 0 aliphatic carbocycles. The zero-order chi connectivity index (χ0) is 15.9. The Labute approximate surface area is 120 Å². The van der Waals surface area contributed by atoms with E-state index in [1.807, 2.05) is 4.90 Å². The number of carboxylic acids is 1. The van der Waals surface area contributed by atoms with Gasteiger partial charge in [-0.25, -0.2) is 4.79 Å². The summed E-state index contributed by atoms with van der Waals surface area (Å²) in [5, 5.41) is 11.0. The van der Waals surface area contributed by atoms with Gasteiger partial charge in [0.1, 0.15) is 0 Å². The number of carbonyl (C=O) groups is 2. The minimum Gasteiger partial charge on any atom is -0.481 e. The first kappa shape index (κ1) is 17.5. The monoisotopic (exact) mass is 311 g/mol. The molecule has 0 unspecified atom stereocenters. The Bertz CT molecular complexity index is 355. The summed E-state index contributed by atoms with van der Waals surface area (Å²) in [7, 11) is 0. The molecule has 0 bridgehead atoms. The number of carbonyl (C=O) groups excluding carboxylic acids is 1. The molecule has 1 aliphatic heterocycles. The smallest absolute Gasteiger partial charge is 0.389 e. The number of nitrogens with zero attached hydrogens (tertiary/aromatic N) is 2. The minimum atomic E-state index is -4.19. The van der Waals surface area contributed by atoms with Gasteiger partial charge in [-0.3, -0.25) is 9.69 Å². The van der Waals surface area contributed by atoms with Crippen molar-refractivity contribution in [1.82, 2.24) is 15.1 Å². The first-order chi connectivity index (χ1) is 9.78. The lowest BCUT2D eigenvalue weighted by atomic mass is 10.3. The van der Waals surface area contributed by atoms with Crippen LogP contribution in [0.25, 0.3) is 0 Å². The second kappa shape index (κ2) is 8.06. The molecule has 1 rings (SSSR count). The van der Waals surface area contributed by atoms with Gasteiger partial charge in [0, 0.05) is 45.7 Å². The maximum atomic E-state index is 11.9. The topological polar surface area (TPSA) is 72.9 Å². The number of hydrogen-bond acceptors (Lipinski definition) is 3. The normalized spacial score (nSPS) is 16.8. The van der Waals surface area contributed by atoms with Crippen LogP contribution in [0, 0.1) is 0 Å². The number of halogens is 3. The molecule has 0 radical (unpaired) electrons. The Hall–Kier alpha value is -1.51. The lowest BCUT2D eigenvalue weighted by Crippen LogP contribution is -2.52. The van der Waals surface area contributed by atoms with Crippen molar-refractivity contribution >= 4 is 12.0 Å². The average Bonchev–Trinajstić information content (AvgIpc) is 2.40.